The number of carbonyl (C=O) groups is 1. The third-order valence-corrected chi connectivity index (χ3v) is 3.07. The molecule has 0 aliphatic rings. The maximum atomic E-state index is 12.3. The predicted molar refractivity (Wildman–Crippen MR) is 73.3 cm³/mol. The zero-order chi connectivity index (χ0) is 14.3. The van der Waals surface area contributed by atoms with E-state index in [1.165, 1.54) is 10.9 Å². The van der Waals surface area contributed by atoms with Crippen LogP contribution in [0.5, 0.6) is 0 Å². The molecule has 20 heavy (non-hydrogen) atoms. The van der Waals surface area contributed by atoms with Crippen LogP contribution in [-0.2, 0) is 7.05 Å². The standard InChI is InChI=1S/C12H13N7O/c1-7-10(13)11(18(2)17-7)16-12(20)8-5-15-19-4-3-14-6-9(8)19/h3-6H,13H2,1-2H3,(H,16,20). The summed E-state index contributed by atoms with van der Waals surface area (Å²) in [5.41, 5.74) is 8.07. The number of fused-ring (bicyclic) bond motifs is 1. The van der Waals surface area contributed by atoms with Crippen LogP contribution in [0.15, 0.2) is 24.8 Å². The van der Waals surface area contributed by atoms with E-state index in [1.54, 1.807) is 37.1 Å². The zero-order valence-electron chi connectivity index (χ0n) is 11.0. The summed E-state index contributed by atoms with van der Waals surface area (Å²) < 4.78 is 3.12. The van der Waals surface area contributed by atoms with Crippen molar-refractivity contribution < 1.29 is 4.79 Å². The summed E-state index contributed by atoms with van der Waals surface area (Å²) >= 11 is 0. The van der Waals surface area contributed by atoms with Crippen LogP contribution in [0.3, 0.4) is 0 Å². The van der Waals surface area contributed by atoms with Crippen LogP contribution in [0.4, 0.5) is 11.5 Å². The van der Waals surface area contributed by atoms with E-state index >= 15 is 0 Å². The SMILES string of the molecule is Cc1nn(C)c(NC(=O)c2cnn3ccncc23)c1N. The summed E-state index contributed by atoms with van der Waals surface area (Å²) in [5, 5.41) is 11.0. The van der Waals surface area contributed by atoms with Gasteiger partial charge in [-0.1, -0.05) is 0 Å². The molecule has 8 nitrogen and oxygen atoms in total. The molecule has 0 radical (unpaired) electrons. The van der Waals surface area contributed by atoms with Gasteiger partial charge < -0.3 is 11.1 Å². The van der Waals surface area contributed by atoms with Crippen molar-refractivity contribution >= 4 is 22.9 Å². The molecule has 0 aromatic carbocycles. The summed E-state index contributed by atoms with van der Waals surface area (Å²) in [6.07, 6.45) is 6.35. The Morgan fingerprint density at radius 3 is 2.90 bits per heavy atom. The number of nitrogen functional groups attached to an aromatic ring is 1. The number of nitrogens with one attached hydrogen (secondary N) is 1. The molecule has 0 spiro atoms. The van der Waals surface area contributed by atoms with Crippen LogP contribution in [-0.4, -0.2) is 30.3 Å². The molecule has 102 valence electrons. The highest BCUT2D eigenvalue weighted by molar-refractivity contribution is 6.09. The molecule has 1 amide bonds. The quantitative estimate of drug-likeness (QED) is 0.710. The zero-order valence-corrected chi connectivity index (χ0v) is 11.0. The molecule has 3 heterocycles. The summed E-state index contributed by atoms with van der Waals surface area (Å²) in [6, 6.07) is 0. The Labute approximate surface area is 114 Å². The Hall–Kier alpha value is -2.90. The second-order valence-corrected chi connectivity index (χ2v) is 4.39. The largest absolute Gasteiger partial charge is 0.394 e. The lowest BCUT2D eigenvalue weighted by Gasteiger charge is -2.05. The number of rotatable bonds is 2. The van der Waals surface area contributed by atoms with E-state index in [2.05, 4.69) is 20.5 Å². The lowest BCUT2D eigenvalue weighted by atomic mass is 10.2. The molecule has 0 aliphatic heterocycles. The number of carbonyl (C=O) groups excluding carboxylic acids is 1. The minimum Gasteiger partial charge on any atom is -0.394 e. The van der Waals surface area contributed by atoms with Crippen molar-refractivity contribution in [2.45, 2.75) is 6.92 Å². The van der Waals surface area contributed by atoms with Crippen molar-refractivity contribution in [3.8, 4) is 0 Å². The molecular weight excluding hydrogens is 258 g/mol. The average Bonchev–Trinajstić information content (AvgIpc) is 2.96. The molecular formula is C12H13N7O. The predicted octanol–water partition coefficient (Wildman–Crippen LogP) is 0.606. The molecule has 0 unspecified atom stereocenters. The van der Waals surface area contributed by atoms with Crippen molar-refractivity contribution in [1.82, 2.24) is 24.4 Å². The van der Waals surface area contributed by atoms with Gasteiger partial charge in [-0.25, -0.2) is 4.52 Å². The summed E-state index contributed by atoms with van der Waals surface area (Å²) in [5.74, 6) is 0.165. The van der Waals surface area contributed by atoms with E-state index < -0.39 is 0 Å². The third kappa shape index (κ3) is 1.78. The minimum atomic E-state index is -0.303. The Morgan fingerprint density at radius 1 is 1.40 bits per heavy atom. The van der Waals surface area contributed by atoms with E-state index in [1.807, 2.05) is 0 Å². The second kappa shape index (κ2) is 4.34. The van der Waals surface area contributed by atoms with Gasteiger partial charge in [-0.05, 0) is 6.92 Å². The number of nitrogens with two attached hydrogens (primary N) is 1. The number of nitrogens with zero attached hydrogens (tertiary/aromatic N) is 5. The van der Waals surface area contributed by atoms with Crippen LogP contribution < -0.4 is 11.1 Å². The topological polar surface area (TPSA) is 103 Å². The smallest absolute Gasteiger partial charge is 0.260 e. The highest BCUT2D eigenvalue weighted by atomic mass is 16.1. The van der Waals surface area contributed by atoms with E-state index in [-0.39, 0.29) is 5.91 Å². The molecule has 0 atom stereocenters. The molecule has 0 saturated heterocycles. The van der Waals surface area contributed by atoms with Gasteiger partial charge in [0.25, 0.3) is 5.91 Å². The first-order valence-corrected chi connectivity index (χ1v) is 5.95. The van der Waals surface area contributed by atoms with Gasteiger partial charge >= 0.3 is 0 Å². The molecule has 3 N–H and O–H groups in total. The lowest BCUT2D eigenvalue weighted by molar-refractivity contribution is 0.102. The molecule has 0 aliphatic carbocycles. The number of anilines is 2. The first kappa shape index (κ1) is 12.2. The fraction of sp³-hybridized carbons (Fsp3) is 0.167. The highest BCUT2D eigenvalue weighted by Crippen LogP contribution is 2.22. The van der Waals surface area contributed by atoms with Gasteiger partial charge in [0, 0.05) is 19.4 Å². The molecule has 8 heteroatoms. The first-order valence-electron chi connectivity index (χ1n) is 5.95. The normalized spacial score (nSPS) is 10.9. The first-order chi connectivity index (χ1) is 9.58. The lowest BCUT2D eigenvalue weighted by Crippen LogP contribution is -2.15. The van der Waals surface area contributed by atoms with Crippen molar-refractivity contribution in [2.24, 2.45) is 7.05 Å². The maximum absolute atomic E-state index is 12.3. The molecule has 0 fully saturated rings. The Bertz CT molecular complexity index is 801. The Kier molecular flexibility index (Phi) is 2.63. The second-order valence-electron chi connectivity index (χ2n) is 4.39. The Morgan fingerprint density at radius 2 is 2.20 bits per heavy atom. The van der Waals surface area contributed by atoms with Gasteiger partial charge in [0.15, 0.2) is 5.82 Å². The summed E-state index contributed by atoms with van der Waals surface area (Å²) in [4.78, 5) is 16.3. The van der Waals surface area contributed by atoms with Crippen LogP contribution in [0.1, 0.15) is 16.1 Å². The Balaban J connectivity index is 1.97. The fourth-order valence-corrected chi connectivity index (χ4v) is 2.01. The average molecular weight is 271 g/mol. The van der Waals surface area contributed by atoms with Gasteiger partial charge in [0.05, 0.1) is 34.9 Å². The van der Waals surface area contributed by atoms with Gasteiger partial charge in [-0.3, -0.25) is 14.5 Å². The van der Waals surface area contributed by atoms with Crippen LogP contribution >= 0.6 is 0 Å². The van der Waals surface area contributed by atoms with Crippen molar-refractivity contribution in [3.63, 3.8) is 0 Å². The molecule has 0 saturated carbocycles. The number of hydrogen-bond donors (Lipinski definition) is 2. The van der Waals surface area contributed by atoms with E-state index in [0.29, 0.717) is 28.3 Å². The van der Waals surface area contributed by atoms with E-state index in [4.69, 9.17) is 5.73 Å². The van der Waals surface area contributed by atoms with Gasteiger partial charge in [0.1, 0.15) is 0 Å². The van der Waals surface area contributed by atoms with Crippen molar-refractivity contribution in [2.75, 3.05) is 11.1 Å². The van der Waals surface area contributed by atoms with Gasteiger partial charge in [-0.15, -0.1) is 0 Å². The fourth-order valence-electron chi connectivity index (χ4n) is 2.01. The molecule has 0 bridgehead atoms. The van der Waals surface area contributed by atoms with Crippen molar-refractivity contribution in [3.05, 3.63) is 36.0 Å². The summed E-state index contributed by atoms with van der Waals surface area (Å²) in [6.45, 7) is 1.78. The maximum Gasteiger partial charge on any atom is 0.260 e. The monoisotopic (exact) mass is 271 g/mol. The van der Waals surface area contributed by atoms with Crippen LogP contribution in [0.2, 0.25) is 0 Å². The molecule has 3 aromatic rings. The minimum absolute atomic E-state index is 0.303. The number of amides is 1. The number of aryl methyl sites for hydroxylation is 2. The third-order valence-electron chi connectivity index (χ3n) is 3.07. The van der Waals surface area contributed by atoms with Crippen molar-refractivity contribution in [1.29, 1.82) is 0 Å². The number of hydrogen-bond acceptors (Lipinski definition) is 5. The summed E-state index contributed by atoms with van der Waals surface area (Å²) in [7, 11) is 1.72. The van der Waals surface area contributed by atoms with Gasteiger partial charge in [-0.2, -0.15) is 10.2 Å². The van der Waals surface area contributed by atoms with E-state index in [9.17, 15) is 4.79 Å². The molecule has 3 aromatic heterocycles. The van der Waals surface area contributed by atoms with Crippen LogP contribution in [0, 0.1) is 6.92 Å². The van der Waals surface area contributed by atoms with E-state index in [0.717, 1.165) is 0 Å². The van der Waals surface area contributed by atoms with Gasteiger partial charge in [0.2, 0.25) is 0 Å². The molecule has 3 rings (SSSR count). The number of aromatic nitrogens is 5. The van der Waals surface area contributed by atoms with Crippen LogP contribution in [0.25, 0.3) is 5.52 Å². The highest BCUT2D eigenvalue weighted by Gasteiger charge is 2.17.